The average molecular weight is 402 g/mol. The summed E-state index contributed by atoms with van der Waals surface area (Å²) in [6, 6.07) is 15.0. The normalized spacial score (nSPS) is 11.8. The molecule has 0 fully saturated rings. The molecule has 2 aromatic rings. The van der Waals surface area contributed by atoms with Gasteiger partial charge in [-0.05, 0) is 41.2 Å². The van der Waals surface area contributed by atoms with Gasteiger partial charge in [-0.3, -0.25) is 9.10 Å². The van der Waals surface area contributed by atoms with Crippen LogP contribution < -0.4 is 9.73 Å². The standard InChI is InChI=1S/C21H27N3O3S/c1-5-17-8-12-20(13-9-17)24(28(4,26)27)15-21(25)23-22-14-18-6-10-19(11-7-18)16(2)3/h6-14,16H,5,15H2,1-4H3,(H,23,25)/b22-14-. The first-order chi connectivity index (χ1) is 13.2. The number of hydrogen-bond acceptors (Lipinski definition) is 4. The lowest BCUT2D eigenvalue weighted by Crippen LogP contribution is -2.39. The van der Waals surface area contributed by atoms with Crippen molar-refractivity contribution in [3.63, 3.8) is 0 Å². The van der Waals surface area contributed by atoms with Gasteiger partial charge in [0.2, 0.25) is 10.0 Å². The Hall–Kier alpha value is -2.67. The van der Waals surface area contributed by atoms with Gasteiger partial charge in [0.1, 0.15) is 6.54 Å². The highest BCUT2D eigenvalue weighted by molar-refractivity contribution is 7.92. The molecule has 7 heteroatoms. The van der Waals surface area contributed by atoms with Crippen molar-refractivity contribution in [1.82, 2.24) is 5.43 Å². The Morgan fingerprint density at radius 2 is 1.71 bits per heavy atom. The molecule has 0 saturated carbocycles. The predicted molar refractivity (Wildman–Crippen MR) is 114 cm³/mol. The molecule has 0 bridgehead atoms. The van der Waals surface area contributed by atoms with Gasteiger partial charge in [-0.25, -0.2) is 13.8 Å². The predicted octanol–water partition coefficient (Wildman–Crippen LogP) is 3.29. The van der Waals surface area contributed by atoms with Crippen molar-refractivity contribution in [2.45, 2.75) is 33.1 Å². The summed E-state index contributed by atoms with van der Waals surface area (Å²) in [6.45, 7) is 5.92. The molecule has 0 saturated heterocycles. The molecule has 0 spiro atoms. The van der Waals surface area contributed by atoms with Crippen LogP contribution in [0.15, 0.2) is 53.6 Å². The monoisotopic (exact) mass is 401 g/mol. The van der Waals surface area contributed by atoms with E-state index in [2.05, 4.69) is 24.4 Å². The Kier molecular flexibility index (Phi) is 7.34. The number of anilines is 1. The van der Waals surface area contributed by atoms with Gasteiger partial charge in [-0.1, -0.05) is 57.2 Å². The molecule has 2 aromatic carbocycles. The van der Waals surface area contributed by atoms with Crippen molar-refractivity contribution in [1.29, 1.82) is 0 Å². The number of aryl methyl sites for hydroxylation is 1. The van der Waals surface area contributed by atoms with Gasteiger partial charge in [-0.15, -0.1) is 0 Å². The zero-order valence-electron chi connectivity index (χ0n) is 16.7. The molecular weight excluding hydrogens is 374 g/mol. The van der Waals surface area contributed by atoms with Crippen LogP contribution in [0.3, 0.4) is 0 Å². The molecule has 0 heterocycles. The van der Waals surface area contributed by atoms with Crippen molar-refractivity contribution in [2.75, 3.05) is 17.1 Å². The summed E-state index contributed by atoms with van der Waals surface area (Å²) >= 11 is 0. The molecular formula is C21H27N3O3S. The van der Waals surface area contributed by atoms with Gasteiger partial charge in [0.15, 0.2) is 0 Å². The van der Waals surface area contributed by atoms with Crippen LogP contribution in [0.4, 0.5) is 5.69 Å². The third-order valence-corrected chi connectivity index (χ3v) is 5.47. The maximum absolute atomic E-state index is 12.2. The summed E-state index contributed by atoms with van der Waals surface area (Å²) < 4.78 is 25.3. The van der Waals surface area contributed by atoms with Crippen LogP contribution in [0.25, 0.3) is 0 Å². The van der Waals surface area contributed by atoms with E-state index in [1.165, 1.54) is 11.8 Å². The van der Waals surface area contributed by atoms with Crippen molar-refractivity contribution < 1.29 is 13.2 Å². The number of carbonyl (C=O) groups is 1. The van der Waals surface area contributed by atoms with Crippen molar-refractivity contribution in [2.24, 2.45) is 5.10 Å². The lowest BCUT2D eigenvalue weighted by atomic mass is 10.0. The van der Waals surface area contributed by atoms with E-state index in [-0.39, 0.29) is 6.54 Å². The van der Waals surface area contributed by atoms with Crippen molar-refractivity contribution >= 4 is 27.8 Å². The van der Waals surface area contributed by atoms with E-state index in [1.807, 2.05) is 43.3 Å². The van der Waals surface area contributed by atoms with Gasteiger partial charge in [-0.2, -0.15) is 5.10 Å². The van der Waals surface area contributed by atoms with Gasteiger partial charge < -0.3 is 0 Å². The molecule has 0 aromatic heterocycles. The van der Waals surface area contributed by atoms with Gasteiger partial charge in [0, 0.05) is 0 Å². The molecule has 6 nitrogen and oxygen atoms in total. The van der Waals surface area contributed by atoms with Crippen LogP contribution in [0.5, 0.6) is 0 Å². The number of hydrazone groups is 1. The van der Waals surface area contributed by atoms with Crippen molar-refractivity contribution in [3.8, 4) is 0 Å². The smallest absolute Gasteiger partial charge is 0.260 e. The van der Waals surface area contributed by atoms with Crippen molar-refractivity contribution in [3.05, 3.63) is 65.2 Å². The Bertz CT molecular complexity index is 918. The van der Waals surface area contributed by atoms with Crippen LogP contribution in [-0.4, -0.2) is 33.3 Å². The van der Waals surface area contributed by atoms with Crippen LogP contribution in [0.1, 0.15) is 43.4 Å². The second-order valence-electron chi connectivity index (χ2n) is 6.90. The SMILES string of the molecule is CCc1ccc(N(CC(=O)N/N=C\c2ccc(C(C)C)cc2)S(C)(=O)=O)cc1. The molecule has 1 N–H and O–H groups in total. The molecule has 0 unspecified atom stereocenters. The highest BCUT2D eigenvalue weighted by atomic mass is 32.2. The minimum absolute atomic E-state index is 0.339. The minimum Gasteiger partial charge on any atom is -0.271 e. The van der Waals surface area contributed by atoms with E-state index in [0.29, 0.717) is 11.6 Å². The number of sulfonamides is 1. The molecule has 28 heavy (non-hydrogen) atoms. The second-order valence-corrected chi connectivity index (χ2v) is 8.81. The van der Waals surface area contributed by atoms with E-state index in [1.54, 1.807) is 12.1 Å². The number of benzene rings is 2. The van der Waals surface area contributed by atoms with Crippen LogP contribution in [0, 0.1) is 0 Å². The first kappa shape index (κ1) is 21.6. The summed E-state index contributed by atoms with van der Waals surface area (Å²) in [7, 11) is -3.60. The fraction of sp³-hybridized carbons (Fsp3) is 0.333. The molecule has 1 amide bonds. The summed E-state index contributed by atoms with van der Waals surface area (Å²) in [4.78, 5) is 12.2. The van der Waals surface area contributed by atoms with Crippen LogP contribution in [-0.2, 0) is 21.2 Å². The zero-order chi connectivity index (χ0) is 20.7. The lowest BCUT2D eigenvalue weighted by molar-refractivity contribution is -0.119. The quantitative estimate of drug-likeness (QED) is 0.544. The third kappa shape index (κ3) is 6.20. The third-order valence-electron chi connectivity index (χ3n) is 4.33. The Labute approximate surface area is 167 Å². The Balaban J connectivity index is 2.03. The van der Waals surface area contributed by atoms with E-state index < -0.39 is 15.9 Å². The summed E-state index contributed by atoms with van der Waals surface area (Å²) in [6.07, 6.45) is 3.46. The minimum atomic E-state index is -3.60. The fourth-order valence-corrected chi connectivity index (χ4v) is 3.47. The Morgan fingerprint density at radius 1 is 1.11 bits per heavy atom. The largest absolute Gasteiger partial charge is 0.271 e. The number of hydrogen-bond donors (Lipinski definition) is 1. The van der Waals surface area contributed by atoms with Crippen LogP contribution >= 0.6 is 0 Å². The lowest BCUT2D eigenvalue weighted by Gasteiger charge is -2.21. The number of rotatable bonds is 8. The maximum atomic E-state index is 12.2. The molecule has 0 atom stereocenters. The van der Waals surface area contributed by atoms with Crippen LogP contribution in [0.2, 0.25) is 0 Å². The topological polar surface area (TPSA) is 78.8 Å². The highest BCUT2D eigenvalue weighted by Gasteiger charge is 2.20. The first-order valence-electron chi connectivity index (χ1n) is 9.19. The van der Waals surface area contributed by atoms with E-state index in [0.717, 1.165) is 28.1 Å². The number of nitrogens with zero attached hydrogens (tertiary/aromatic N) is 2. The van der Waals surface area contributed by atoms with Gasteiger partial charge >= 0.3 is 0 Å². The molecule has 2 rings (SSSR count). The number of nitrogens with one attached hydrogen (secondary N) is 1. The molecule has 0 aliphatic rings. The van der Waals surface area contributed by atoms with Gasteiger partial charge in [0.25, 0.3) is 5.91 Å². The highest BCUT2D eigenvalue weighted by Crippen LogP contribution is 2.18. The van der Waals surface area contributed by atoms with E-state index in [9.17, 15) is 13.2 Å². The summed E-state index contributed by atoms with van der Waals surface area (Å²) in [5.41, 5.74) is 6.00. The summed E-state index contributed by atoms with van der Waals surface area (Å²) in [5, 5.41) is 3.93. The molecule has 150 valence electrons. The molecule has 0 aliphatic heterocycles. The number of carbonyl (C=O) groups excluding carboxylic acids is 1. The molecule has 0 radical (unpaired) electrons. The molecule has 0 aliphatic carbocycles. The van der Waals surface area contributed by atoms with Gasteiger partial charge in [0.05, 0.1) is 18.2 Å². The van der Waals surface area contributed by atoms with E-state index in [4.69, 9.17) is 0 Å². The first-order valence-corrected chi connectivity index (χ1v) is 11.0. The average Bonchev–Trinajstić information content (AvgIpc) is 2.66. The maximum Gasteiger partial charge on any atom is 0.260 e. The second kappa shape index (κ2) is 9.50. The summed E-state index contributed by atoms with van der Waals surface area (Å²) in [5.74, 6) is -0.0703. The Morgan fingerprint density at radius 3 is 2.21 bits per heavy atom. The zero-order valence-corrected chi connectivity index (χ0v) is 17.5. The fourth-order valence-electron chi connectivity index (χ4n) is 2.61. The number of amides is 1. The van der Waals surface area contributed by atoms with E-state index >= 15 is 0 Å².